The Morgan fingerprint density at radius 1 is 1.30 bits per heavy atom. The maximum absolute atomic E-state index is 12.5. The molecule has 3 N–H and O–H groups in total. The van der Waals surface area contributed by atoms with Crippen molar-refractivity contribution in [2.24, 2.45) is 5.92 Å². The Hall–Kier alpha value is -1.46. The molecule has 1 aliphatic rings. The number of carbonyl (C=O) groups is 2. The third-order valence-electron chi connectivity index (χ3n) is 3.88. The molecule has 0 spiro atoms. The van der Waals surface area contributed by atoms with E-state index in [1.54, 1.807) is 23.1 Å². The molecule has 128 valence electrons. The van der Waals surface area contributed by atoms with Crippen LogP contribution in [-0.2, 0) is 4.79 Å². The highest BCUT2D eigenvalue weighted by atomic mass is 35.5. The van der Waals surface area contributed by atoms with E-state index in [0.717, 1.165) is 12.8 Å². The first-order valence-electron chi connectivity index (χ1n) is 7.53. The molecule has 2 rings (SSSR count). The summed E-state index contributed by atoms with van der Waals surface area (Å²) in [5.74, 6) is -0.0433. The molecule has 1 heterocycles. The zero-order chi connectivity index (χ0) is 16.3. The summed E-state index contributed by atoms with van der Waals surface area (Å²) < 4.78 is 0. The first-order valence-corrected chi connectivity index (χ1v) is 7.91. The van der Waals surface area contributed by atoms with Gasteiger partial charge in [0.05, 0.1) is 10.6 Å². The number of hydrogen-bond acceptors (Lipinski definition) is 3. The largest absolute Gasteiger partial charge is 0.399 e. The van der Waals surface area contributed by atoms with Crippen molar-refractivity contribution in [2.45, 2.75) is 32.7 Å². The Morgan fingerprint density at radius 3 is 2.43 bits per heavy atom. The van der Waals surface area contributed by atoms with Crippen LogP contribution in [0.15, 0.2) is 18.2 Å². The lowest BCUT2D eigenvalue weighted by Gasteiger charge is -2.33. The molecule has 0 atom stereocenters. The van der Waals surface area contributed by atoms with Crippen molar-refractivity contribution in [3.05, 3.63) is 28.8 Å². The second kappa shape index (κ2) is 8.41. The number of nitrogen functional groups attached to an aromatic ring is 1. The third-order valence-corrected chi connectivity index (χ3v) is 4.19. The molecule has 0 bridgehead atoms. The van der Waals surface area contributed by atoms with Crippen LogP contribution < -0.4 is 11.1 Å². The van der Waals surface area contributed by atoms with Gasteiger partial charge >= 0.3 is 0 Å². The molecular weight excluding hydrogens is 337 g/mol. The first-order chi connectivity index (χ1) is 10.4. The van der Waals surface area contributed by atoms with Gasteiger partial charge in [-0.05, 0) is 31.0 Å². The fourth-order valence-corrected chi connectivity index (χ4v) is 2.74. The molecule has 0 aromatic heterocycles. The average molecular weight is 360 g/mol. The number of piperidine rings is 1. The number of nitrogens with one attached hydrogen (secondary N) is 1. The lowest BCUT2D eigenvalue weighted by molar-refractivity contribution is -0.124. The second-order valence-corrected chi connectivity index (χ2v) is 6.38. The molecule has 5 nitrogen and oxygen atoms in total. The number of anilines is 1. The summed E-state index contributed by atoms with van der Waals surface area (Å²) in [5, 5.41) is 3.39. The van der Waals surface area contributed by atoms with Crippen molar-refractivity contribution in [1.82, 2.24) is 10.2 Å². The highest BCUT2D eigenvalue weighted by molar-refractivity contribution is 6.34. The van der Waals surface area contributed by atoms with Crippen LogP contribution in [0.3, 0.4) is 0 Å². The summed E-state index contributed by atoms with van der Waals surface area (Å²) >= 11 is 6.09. The van der Waals surface area contributed by atoms with Gasteiger partial charge in [0.2, 0.25) is 5.91 Å². The molecule has 0 saturated carbocycles. The molecule has 0 aliphatic carbocycles. The number of rotatable bonds is 3. The van der Waals surface area contributed by atoms with Crippen LogP contribution in [-0.4, -0.2) is 35.8 Å². The Labute approximate surface area is 148 Å². The van der Waals surface area contributed by atoms with Crippen LogP contribution in [0, 0.1) is 5.92 Å². The summed E-state index contributed by atoms with van der Waals surface area (Å²) in [7, 11) is 0. The highest BCUT2D eigenvalue weighted by Crippen LogP contribution is 2.22. The summed E-state index contributed by atoms with van der Waals surface area (Å²) in [6, 6.07) is 5.06. The number of likely N-dealkylation sites (tertiary alicyclic amines) is 1. The minimum atomic E-state index is -0.0846. The van der Waals surface area contributed by atoms with Gasteiger partial charge in [0.25, 0.3) is 5.91 Å². The maximum atomic E-state index is 12.5. The quantitative estimate of drug-likeness (QED) is 0.814. The van der Waals surface area contributed by atoms with Crippen LogP contribution in [0.4, 0.5) is 5.69 Å². The predicted octanol–water partition coefficient (Wildman–Crippen LogP) is 2.72. The lowest BCUT2D eigenvalue weighted by atomic mass is 10.0. The molecule has 0 unspecified atom stereocenters. The minimum absolute atomic E-state index is 0. The fourth-order valence-electron chi connectivity index (χ4n) is 2.47. The van der Waals surface area contributed by atoms with Gasteiger partial charge < -0.3 is 16.0 Å². The molecule has 1 fully saturated rings. The zero-order valence-electron chi connectivity index (χ0n) is 13.3. The number of carbonyl (C=O) groups excluding carboxylic acids is 2. The van der Waals surface area contributed by atoms with Crippen molar-refractivity contribution in [1.29, 1.82) is 0 Å². The van der Waals surface area contributed by atoms with E-state index in [9.17, 15) is 9.59 Å². The van der Waals surface area contributed by atoms with E-state index >= 15 is 0 Å². The van der Waals surface area contributed by atoms with Gasteiger partial charge in [0, 0.05) is 30.7 Å². The van der Waals surface area contributed by atoms with Crippen molar-refractivity contribution in [3.63, 3.8) is 0 Å². The summed E-state index contributed by atoms with van der Waals surface area (Å²) in [6.07, 6.45) is 1.52. The molecule has 2 amide bonds. The number of benzene rings is 1. The third kappa shape index (κ3) is 5.01. The van der Waals surface area contributed by atoms with E-state index in [1.165, 1.54) is 0 Å². The first kappa shape index (κ1) is 19.6. The molecule has 1 saturated heterocycles. The van der Waals surface area contributed by atoms with Gasteiger partial charge in [-0.1, -0.05) is 25.4 Å². The summed E-state index contributed by atoms with van der Waals surface area (Å²) in [6.45, 7) is 4.97. The van der Waals surface area contributed by atoms with E-state index < -0.39 is 0 Å². The van der Waals surface area contributed by atoms with E-state index in [1.807, 2.05) is 13.8 Å². The van der Waals surface area contributed by atoms with E-state index in [-0.39, 0.29) is 36.2 Å². The number of halogens is 2. The van der Waals surface area contributed by atoms with Crippen molar-refractivity contribution >= 4 is 41.5 Å². The van der Waals surface area contributed by atoms with Crippen LogP contribution in [0.25, 0.3) is 0 Å². The standard InChI is InChI=1S/C16H22ClN3O2.ClH/c1-10(2)15(21)19-12-5-7-20(8-6-12)16(22)13-4-3-11(18)9-14(13)17;/h3-4,9-10,12H,5-8,18H2,1-2H3,(H,19,21);1H. The summed E-state index contributed by atoms with van der Waals surface area (Å²) in [5.41, 5.74) is 6.66. The normalized spacial score (nSPS) is 15.2. The molecule has 1 aromatic rings. The SMILES string of the molecule is CC(C)C(=O)NC1CCN(C(=O)c2ccc(N)cc2Cl)CC1.Cl. The number of hydrogen-bond donors (Lipinski definition) is 2. The molecule has 1 aliphatic heterocycles. The van der Waals surface area contributed by atoms with Gasteiger partial charge in [-0.3, -0.25) is 9.59 Å². The second-order valence-electron chi connectivity index (χ2n) is 5.97. The van der Waals surface area contributed by atoms with Crippen LogP contribution in [0.1, 0.15) is 37.0 Å². The predicted molar refractivity (Wildman–Crippen MR) is 95.0 cm³/mol. The Balaban J connectivity index is 0.00000264. The topological polar surface area (TPSA) is 75.4 Å². The van der Waals surface area contributed by atoms with Crippen molar-refractivity contribution in [3.8, 4) is 0 Å². The number of amides is 2. The zero-order valence-corrected chi connectivity index (χ0v) is 14.9. The Bertz CT molecular complexity index is 570. The highest BCUT2D eigenvalue weighted by Gasteiger charge is 2.26. The number of nitrogens with zero attached hydrogens (tertiary/aromatic N) is 1. The minimum Gasteiger partial charge on any atom is -0.399 e. The van der Waals surface area contributed by atoms with E-state index in [2.05, 4.69) is 5.32 Å². The Morgan fingerprint density at radius 2 is 1.91 bits per heavy atom. The molecule has 0 radical (unpaired) electrons. The molecule has 1 aromatic carbocycles. The van der Waals surface area contributed by atoms with Gasteiger partial charge in [0.1, 0.15) is 0 Å². The van der Waals surface area contributed by atoms with Gasteiger partial charge in [-0.2, -0.15) is 0 Å². The van der Waals surface area contributed by atoms with Gasteiger partial charge in [0.15, 0.2) is 0 Å². The average Bonchev–Trinajstić information content (AvgIpc) is 2.47. The molecule has 23 heavy (non-hydrogen) atoms. The van der Waals surface area contributed by atoms with Crippen molar-refractivity contribution < 1.29 is 9.59 Å². The van der Waals surface area contributed by atoms with E-state index in [0.29, 0.717) is 29.4 Å². The van der Waals surface area contributed by atoms with Crippen LogP contribution in [0.2, 0.25) is 5.02 Å². The maximum Gasteiger partial charge on any atom is 0.255 e. The van der Waals surface area contributed by atoms with Gasteiger partial charge in [-0.25, -0.2) is 0 Å². The van der Waals surface area contributed by atoms with Crippen LogP contribution in [0.5, 0.6) is 0 Å². The molecule has 7 heteroatoms. The van der Waals surface area contributed by atoms with E-state index in [4.69, 9.17) is 17.3 Å². The van der Waals surface area contributed by atoms with Crippen LogP contribution >= 0.6 is 24.0 Å². The Kier molecular flexibility index (Phi) is 7.16. The fraction of sp³-hybridized carbons (Fsp3) is 0.500. The van der Waals surface area contributed by atoms with Crippen molar-refractivity contribution in [2.75, 3.05) is 18.8 Å². The monoisotopic (exact) mass is 359 g/mol. The van der Waals surface area contributed by atoms with Gasteiger partial charge in [-0.15, -0.1) is 12.4 Å². The smallest absolute Gasteiger partial charge is 0.255 e. The summed E-state index contributed by atoms with van der Waals surface area (Å²) in [4.78, 5) is 26.0. The lowest BCUT2D eigenvalue weighted by Crippen LogP contribution is -2.47. The number of nitrogens with two attached hydrogens (primary N) is 1. The molecular formula is C16H23Cl2N3O2.